The Morgan fingerprint density at radius 1 is 0.935 bits per heavy atom. The number of hydrogen-bond acceptors (Lipinski definition) is 3. The van der Waals surface area contributed by atoms with E-state index in [1.54, 1.807) is 0 Å². The highest BCUT2D eigenvalue weighted by atomic mass is 16.5. The Balaban J connectivity index is 1.55. The second-order valence-corrected chi connectivity index (χ2v) is 7.94. The standard InChI is InChI=1S/C27H29NO3/c1-2-31-23-14-12-22(13-15-23)27(16-18-30-19-17-27)20-28-26(29)25-11-7-6-10-24(25)21-8-4-3-5-9-21/h3-15H,2,16-20H2,1H3,(H,28,29). The maximum absolute atomic E-state index is 13.2. The number of benzene rings is 3. The van der Waals surface area contributed by atoms with Gasteiger partial charge >= 0.3 is 0 Å². The lowest BCUT2D eigenvalue weighted by molar-refractivity contribution is 0.0487. The summed E-state index contributed by atoms with van der Waals surface area (Å²) >= 11 is 0. The van der Waals surface area contributed by atoms with E-state index >= 15 is 0 Å². The van der Waals surface area contributed by atoms with Crippen molar-refractivity contribution in [3.05, 3.63) is 90.0 Å². The zero-order valence-electron chi connectivity index (χ0n) is 18.0. The number of carbonyl (C=O) groups excluding carboxylic acids is 1. The van der Waals surface area contributed by atoms with E-state index in [4.69, 9.17) is 9.47 Å². The second-order valence-electron chi connectivity index (χ2n) is 7.94. The van der Waals surface area contributed by atoms with E-state index in [2.05, 4.69) is 17.4 Å². The zero-order chi connectivity index (χ0) is 21.5. The van der Waals surface area contributed by atoms with Crippen LogP contribution in [0, 0.1) is 0 Å². The molecular weight excluding hydrogens is 386 g/mol. The summed E-state index contributed by atoms with van der Waals surface area (Å²) in [6.07, 6.45) is 1.75. The molecule has 1 fully saturated rings. The number of hydrogen-bond donors (Lipinski definition) is 1. The van der Waals surface area contributed by atoms with Gasteiger partial charge in [0.15, 0.2) is 0 Å². The first-order valence-corrected chi connectivity index (χ1v) is 11.0. The van der Waals surface area contributed by atoms with E-state index in [1.807, 2.05) is 73.7 Å². The number of ether oxygens (including phenoxy) is 2. The molecule has 160 valence electrons. The van der Waals surface area contributed by atoms with E-state index in [-0.39, 0.29) is 11.3 Å². The van der Waals surface area contributed by atoms with Crippen LogP contribution in [0.3, 0.4) is 0 Å². The summed E-state index contributed by atoms with van der Waals surface area (Å²) in [6, 6.07) is 26.1. The van der Waals surface area contributed by atoms with Crippen LogP contribution in [-0.2, 0) is 10.2 Å². The molecule has 0 radical (unpaired) electrons. The molecular formula is C27H29NO3. The van der Waals surface area contributed by atoms with Gasteiger partial charge < -0.3 is 14.8 Å². The largest absolute Gasteiger partial charge is 0.494 e. The highest BCUT2D eigenvalue weighted by Crippen LogP contribution is 2.35. The Labute approximate surface area is 184 Å². The minimum atomic E-state index is -0.139. The predicted octanol–water partition coefficient (Wildman–Crippen LogP) is 5.23. The molecule has 4 heteroatoms. The molecule has 31 heavy (non-hydrogen) atoms. The van der Waals surface area contributed by atoms with Crippen molar-refractivity contribution in [3.8, 4) is 16.9 Å². The summed E-state index contributed by atoms with van der Waals surface area (Å²) < 4.78 is 11.2. The first-order chi connectivity index (χ1) is 15.2. The van der Waals surface area contributed by atoms with Gasteiger partial charge in [-0.25, -0.2) is 0 Å². The summed E-state index contributed by atoms with van der Waals surface area (Å²) in [5.74, 6) is 0.825. The minimum Gasteiger partial charge on any atom is -0.494 e. The quantitative estimate of drug-likeness (QED) is 0.575. The van der Waals surface area contributed by atoms with E-state index in [0.29, 0.717) is 31.9 Å². The van der Waals surface area contributed by atoms with Crippen molar-refractivity contribution < 1.29 is 14.3 Å². The molecule has 0 spiro atoms. The number of amides is 1. The Morgan fingerprint density at radius 2 is 1.61 bits per heavy atom. The van der Waals surface area contributed by atoms with Crippen LogP contribution in [0.4, 0.5) is 0 Å². The van der Waals surface area contributed by atoms with Crippen LogP contribution in [0.1, 0.15) is 35.7 Å². The van der Waals surface area contributed by atoms with Crippen molar-refractivity contribution in [3.63, 3.8) is 0 Å². The molecule has 3 aromatic carbocycles. The number of nitrogens with one attached hydrogen (secondary N) is 1. The van der Waals surface area contributed by atoms with E-state index in [9.17, 15) is 4.79 Å². The first-order valence-electron chi connectivity index (χ1n) is 11.0. The van der Waals surface area contributed by atoms with Gasteiger partial charge in [-0.3, -0.25) is 4.79 Å². The highest BCUT2D eigenvalue weighted by molar-refractivity contribution is 6.00. The van der Waals surface area contributed by atoms with Crippen LogP contribution in [0.5, 0.6) is 5.75 Å². The maximum Gasteiger partial charge on any atom is 0.251 e. The maximum atomic E-state index is 13.2. The lowest BCUT2D eigenvalue weighted by atomic mass is 9.74. The fourth-order valence-corrected chi connectivity index (χ4v) is 4.30. The molecule has 0 aliphatic carbocycles. The molecule has 1 heterocycles. The third-order valence-electron chi connectivity index (χ3n) is 6.07. The molecule has 1 amide bonds. The lowest BCUT2D eigenvalue weighted by Crippen LogP contribution is -2.44. The van der Waals surface area contributed by atoms with Gasteiger partial charge in [0.2, 0.25) is 0 Å². The average molecular weight is 416 g/mol. The monoisotopic (exact) mass is 415 g/mol. The summed E-state index contributed by atoms with van der Waals surface area (Å²) in [7, 11) is 0. The van der Waals surface area contributed by atoms with Gasteiger partial charge in [0, 0.05) is 30.7 Å². The molecule has 0 saturated carbocycles. The molecule has 0 bridgehead atoms. The molecule has 0 aromatic heterocycles. The highest BCUT2D eigenvalue weighted by Gasteiger charge is 2.35. The average Bonchev–Trinajstić information content (AvgIpc) is 2.84. The Bertz CT molecular complexity index is 993. The van der Waals surface area contributed by atoms with Gasteiger partial charge in [0.25, 0.3) is 5.91 Å². The first kappa shape index (κ1) is 21.1. The smallest absolute Gasteiger partial charge is 0.251 e. The van der Waals surface area contributed by atoms with Crippen LogP contribution >= 0.6 is 0 Å². The summed E-state index contributed by atoms with van der Waals surface area (Å²) in [5.41, 5.74) is 3.77. The zero-order valence-corrected chi connectivity index (χ0v) is 18.0. The molecule has 0 atom stereocenters. The summed E-state index contributed by atoms with van der Waals surface area (Å²) in [5, 5.41) is 3.23. The second kappa shape index (κ2) is 9.80. The van der Waals surface area contributed by atoms with Gasteiger partial charge in [0.05, 0.1) is 6.61 Å². The van der Waals surface area contributed by atoms with Gasteiger partial charge in [-0.1, -0.05) is 60.7 Å². The van der Waals surface area contributed by atoms with Crippen molar-refractivity contribution in [2.75, 3.05) is 26.4 Å². The SMILES string of the molecule is CCOc1ccc(C2(CNC(=O)c3ccccc3-c3ccccc3)CCOCC2)cc1. The van der Waals surface area contributed by atoms with Crippen molar-refractivity contribution >= 4 is 5.91 Å². The van der Waals surface area contributed by atoms with Crippen molar-refractivity contribution in [2.45, 2.75) is 25.2 Å². The Hall–Kier alpha value is -3.11. The topological polar surface area (TPSA) is 47.6 Å². The molecule has 4 nitrogen and oxygen atoms in total. The molecule has 1 saturated heterocycles. The van der Waals surface area contributed by atoms with Crippen LogP contribution in [-0.4, -0.2) is 32.3 Å². The molecule has 4 rings (SSSR count). The van der Waals surface area contributed by atoms with E-state index in [1.165, 1.54) is 5.56 Å². The fourth-order valence-electron chi connectivity index (χ4n) is 4.30. The van der Waals surface area contributed by atoms with Crippen molar-refractivity contribution in [1.29, 1.82) is 0 Å². The van der Waals surface area contributed by atoms with Gasteiger partial charge in [0.1, 0.15) is 5.75 Å². The van der Waals surface area contributed by atoms with Gasteiger partial charge in [-0.05, 0) is 54.7 Å². The van der Waals surface area contributed by atoms with Crippen LogP contribution < -0.4 is 10.1 Å². The Kier molecular flexibility index (Phi) is 6.68. The van der Waals surface area contributed by atoms with Crippen molar-refractivity contribution in [2.24, 2.45) is 0 Å². The molecule has 1 aliphatic heterocycles. The molecule has 1 aliphatic rings. The lowest BCUT2D eigenvalue weighted by Gasteiger charge is -2.38. The molecule has 0 unspecified atom stereocenters. The fraction of sp³-hybridized carbons (Fsp3) is 0.296. The normalized spacial score (nSPS) is 15.3. The third kappa shape index (κ3) is 4.80. The van der Waals surface area contributed by atoms with Gasteiger partial charge in [-0.15, -0.1) is 0 Å². The molecule has 3 aromatic rings. The van der Waals surface area contributed by atoms with Crippen LogP contribution in [0.15, 0.2) is 78.9 Å². The van der Waals surface area contributed by atoms with Crippen LogP contribution in [0.25, 0.3) is 11.1 Å². The number of rotatable bonds is 7. The third-order valence-corrected chi connectivity index (χ3v) is 6.07. The number of carbonyl (C=O) groups is 1. The van der Waals surface area contributed by atoms with E-state index < -0.39 is 0 Å². The van der Waals surface area contributed by atoms with Crippen molar-refractivity contribution in [1.82, 2.24) is 5.32 Å². The predicted molar refractivity (Wildman–Crippen MR) is 124 cm³/mol. The van der Waals surface area contributed by atoms with Crippen LogP contribution in [0.2, 0.25) is 0 Å². The van der Waals surface area contributed by atoms with Gasteiger partial charge in [-0.2, -0.15) is 0 Å². The summed E-state index contributed by atoms with van der Waals surface area (Å²) in [4.78, 5) is 13.2. The summed E-state index contributed by atoms with van der Waals surface area (Å²) in [6.45, 7) is 4.60. The Morgan fingerprint density at radius 3 is 2.32 bits per heavy atom. The molecule has 1 N–H and O–H groups in total. The minimum absolute atomic E-state index is 0.0451. The van der Waals surface area contributed by atoms with E-state index in [0.717, 1.165) is 29.7 Å².